The molecule has 0 N–H and O–H groups in total. The van der Waals surface area contributed by atoms with Crippen LogP contribution in [-0.2, 0) is 6.54 Å². The number of para-hydroxylation sites is 1. The minimum absolute atomic E-state index is 0.190. The molecule has 0 amide bonds. The Morgan fingerprint density at radius 3 is 2.53 bits per heavy atom. The highest BCUT2D eigenvalue weighted by molar-refractivity contribution is 5.78. The number of aromatic nitrogens is 2. The fraction of sp³-hybridized carbons (Fsp3) is 0.160. The number of allylic oxidation sites excluding steroid dienone is 4. The highest BCUT2D eigenvalue weighted by Crippen LogP contribution is 2.35. The quantitative estimate of drug-likeness (QED) is 0.562. The van der Waals surface area contributed by atoms with Crippen molar-refractivity contribution in [2.75, 3.05) is 0 Å². The Labute approximate surface area is 175 Å². The van der Waals surface area contributed by atoms with Crippen LogP contribution >= 0.6 is 0 Å². The number of hydrogen-bond acceptors (Lipinski definition) is 4. The Morgan fingerprint density at radius 2 is 1.80 bits per heavy atom. The lowest BCUT2D eigenvalue weighted by Gasteiger charge is -2.20. The van der Waals surface area contributed by atoms with E-state index in [0.29, 0.717) is 23.6 Å². The van der Waals surface area contributed by atoms with Crippen LogP contribution in [0.5, 0.6) is 11.5 Å². The molecule has 5 heteroatoms. The lowest BCUT2D eigenvalue weighted by atomic mass is 9.94. The van der Waals surface area contributed by atoms with E-state index in [9.17, 15) is 5.26 Å². The summed E-state index contributed by atoms with van der Waals surface area (Å²) in [5, 5.41) is 14.5. The SMILES string of the molecule is N#Cc1c(-c2ccc(Oc3ccccc3)cc2)nn2c1N=CC(C1=CCCC=C1)C2. The first-order valence-electron chi connectivity index (χ1n) is 10.1. The number of nitrogens with zero attached hydrogens (tertiary/aromatic N) is 4. The van der Waals surface area contributed by atoms with Crippen LogP contribution in [0.25, 0.3) is 11.3 Å². The van der Waals surface area contributed by atoms with Crippen molar-refractivity contribution in [2.45, 2.75) is 19.4 Å². The lowest BCUT2D eigenvalue weighted by Crippen LogP contribution is -2.19. The van der Waals surface area contributed by atoms with Crippen molar-refractivity contribution in [1.82, 2.24) is 9.78 Å². The Morgan fingerprint density at radius 1 is 1.00 bits per heavy atom. The lowest BCUT2D eigenvalue weighted by molar-refractivity contribution is 0.483. The van der Waals surface area contributed by atoms with E-state index in [-0.39, 0.29) is 5.92 Å². The second kappa shape index (κ2) is 7.84. The summed E-state index contributed by atoms with van der Waals surface area (Å²) in [7, 11) is 0. The number of hydrogen-bond donors (Lipinski definition) is 0. The largest absolute Gasteiger partial charge is 0.457 e. The van der Waals surface area contributed by atoms with Crippen LogP contribution in [0.1, 0.15) is 18.4 Å². The van der Waals surface area contributed by atoms with Gasteiger partial charge in [-0.2, -0.15) is 10.4 Å². The molecule has 5 nitrogen and oxygen atoms in total. The summed E-state index contributed by atoms with van der Waals surface area (Å²) in [6.45, 7) is 0.693. The zero-order chi connectivity index (χ0) is 20.3. The smallest absolute Gasteiger partial charge is 0.168 e. The first kappa shape index (κ1) is 18.1. The van der Waals surface area contributed by atoms with Crippen LogP contribution in [0.3, 0.4) is 0 Å². The van der Waals surface area contributed by atoms with Gasteiger partial charge >= 0.3 is 0 Å². The topological polar surface area (TPSA) is 63.2 Å². The van der Waals surface area contributed by atoms with E-state index in [1.807, 2.05) is 65.5 Å². The fourth-order valence-electron chi connectivity index (χ4n) is 3.82. The molecule has 1 aromatic heterocycles. The van der Waals surface area contributed by atoms with Crippen molar-refractivity contribution in [3.05, 3.63) is 84.0 Å². The van der Waals surface area contributed by atoms with E-state index in [1.165, 1.54) is 5.57 Å². The molecule has 0 radical (unpaired) electrons. The molecule has 5 rings (SSSR count). The molecule has 0 spiro atoms. The Bertz CT molecular complexity index is 1190. The summed E-state index contributed by atoms with van der Waals surface area (Å²) < 4.78 is 7.72. The number of benzene rings is 2. The van der Waals surface area contributed by atoms with E-state index in [4.69, 9.17) is 9.84 Å². The maximum Gasteiger partial charge on any atom is 0.168 e. The van der Waals surface area contributed by atoms with Gasteiger partial charge < -0.3 is 4.74 Å². The van der Waals surface area contributed by atoms with Crippen molar-refractivity contribution in [2.24, 2.45) is 10.9 Å². The molecule has 0 fully saturated rings. The van der Waals surface area contributed by atoms with Crippen molar-refractivity contribution in [3.63, 3.8) is 0 Å². The summed E-state index contributed by atoms with van der Waals surface area (Å²) >= 11 is 0. The van der Waals surface area contributed by atoms with Crippen molar-refractivity contribution < 1.29 is 4.74 Å². The first-order chi connectivity index (χ1) is 14.8. The summed E-state index contributed by atoms with van der Waals surface area (Å²) in [5.74, 6) is 2.34. The van der Waals surface area contributed by atoms with E-state index < -0.39 is 0 Å². The molecule has 0 saturated heterocycles. The van der Waals surface area contributed by atoms with Gasteiger partial charge in [-0.05, 0) is 54.8 Å². The average molecular weight is 392 g/mol. The normalized spacial score (nSPS) is 17.2. The maximum atomic E-state index is 9.76. The molecule has 2 aromatic carbocycles. The number of aliphatic imine (C=N–C) groups is 1. The molecular formula is C25H20N4O. The van der Waals surface area contributed by atoms with Gasteiger partial charge in [0.1, 0.15) is 28.8 Å². The summed E-state index contributed by atoms with van der Waals surface area (Å²) in [6.07, 6.45) is 10.7. The van der Waals surface area contributed by atoms with Gasteiger partial charge in [-0.15, -0.1) is 0 Å². The molecule has 1 aliphatic carbocycles. The fourth-order valence-corrected chi connectivity index (χ4v) is 3.82. The second-order valence-electron chi connectivity index (χ2n) is 7.35. The van der Waals surface area contributed by atoms with Gasteiger partial charge in [0.2, 0.25) is 0 Å². The number of ether oxygens (including phenoxy) is 1. The average Bonchev–Trinajstić information content (AvgIpc) is 3.18. The predicted molar refractivity (Wildman–Crippen MR) is 117 cm³/mol. The molecule has 0 saturated carbocycles. The Kier molecular flexibility index (Phi) is 4.74. The van der Waals surface area contributed by atoms with Crippen LogP contribution in [0.15, 0.2) is 83.4 Å². The van der Waals surface area contributed by atoms with E-state index in [0.717, 1.165) is 29.9 Å². The molecule has 146 valence electrons. The highest BCUT2D eigenvalue weighted by Gasteiger charge is 2.25. The Balaban J connectivity index is 1.42. The predicted octanol–water partition coefficient (Wildman–Crippen LogP) is 5.82. The third kappa shape index (κ3) is 3.44. The van der Waals surface area contributed by atoms with E-state index in [1.54, 1.807) is 0 Å². The van der Waals surface area contributed by atoms with Gasteiger partial charge in [0.25, 0.3) is 0 Å². The molecule has 3 aromatic rings. The van der Waals surface area contributed by atoms with Crippen LogP contribution in [-0.4, -0.2) is 16.0 Å². The molecule has 2 aliphatic rings. The van der Waals surface area contributed by atoms with Crippen molar-refractivity contribution in [3.8, 4) is 28.8 Å². The Hall–Kier alpha value is -3.91. The number of fused-ring (bicyclic) bond motifs is 1. The summed E-state index contributed by atoms with van der Waals surface area (Å²) in [5.41, 5.74) is 3.31. The number of rotatable bonds is 4. The molecule has 1 atom stereocenters. The molecule has 0 bridgehead atoms. The van der Waals surface area contributed by atoms with Gasteiger partial charge in [0, 0.05) is 17.7 Å². The van der Waals surface area contributed by atoms with Gasteiger partial charge in [-0.3, -0.25) is 0 Å². The summed E-state index contributed by atoms with van der Waals surface area (Å²) in [4.78, 5) is 4.59. The molecule has 2 heterocycles. The number of nitriles is 1. The van der Waals surface area contributed by atoms with E-state index in [2.05, 4.69) is 29.3 Å². The van der Waals surface area contributed by atoms with Gasteiger partial charge in [-0.25, -0.2) is 9.67 Å². The van der Waals surface area contributed by atoms with Crippen LogP contribution in [0.2, 0.25) is 0 Å². The van der Waals surface area contributed by atoms with Gasteiger partial charge in [0.15, 0.2) is 5.82 Å². The van der Waals surface area contributed by atoms with E-state index >= 15 is 0 Å². The van der Waals surface area contributed by atoms with Gasteiger partial charge in [0.05, 0.1) is 6.54 Å². The molecule has 30 heavy (non-hydrogen) atoms. The monoisotopic (exact) mass is 392 g/mol. The minimum atomic E-state index is 0.190. The molecular weight excluding hydrogens is 372 g/mol. The third-order valence-electron chi connectivity index (χ3n) is 5.34. The van der Waals surface area contributed by atoms with Crippen molar-refractivity contribution in [1.29, 1.82) is 5.26 Å². The zero-order valence-corrected chi connectivity index (χ0v) is 16.4. The minimum Gasteiger partial charge on any atom is -0.457 e. The second-order valence-corrected chi connectivity index (χ2v) is 7.35. The zero-order valence-electron chi connectivity index (χ0n) is 16.4. The van der Waals surface area contributed by atoms with Crippen molar-refractivity contribution >= 4 is 12.0 Å². The highest BCUT2D eigenvalue weighted by atomic mass is 16.5. The van der Waals surface area contributed by atoms with Gasteiger partial charge in [-0.1, -0.05) is 36.4 Å². The third-order valence-corrected chi connectivity index (χ3v) is 5.34. The molecule has 1 unspecified atom stereocenters. The van der Waals surface area contributed by atoms with Crippen LogP contribution < -0.4 is 4.74 Å². The van der Waals surface area contributed by atoms with Crippen LogP contribution in [0, 0.1) is 17.2 Å². The summed E-state index contributed by atoms with van der Waals surface area (Å²) in [6, 6.07) is 19.6. The standard InChI is InChI=1S/C25H20N4O/c26-15-23-24(19-11-13-22(14-12-19)30-21-9-5-2-6-10-21)28-29-17-20(16-27-25(23)29)18-7-3-1-4-8-18/h2-3,5-14,16,20H,1,4,17H2. The van der Waals surface area contributed by atoms with Crippen LogP contribution in [0.4, 0.5) is 5.82 Å². The first-order valence-corrected chi connectivity index (χ1v) is 10.1. The maximum absolute atomic E-state index is 9.76. The molecule has 1 aliphatic heterocycles.